The monoisotopic (exact) mass is 692 g/mol. The molecule has 0 bridgehead atoms. The minimum absolute atomic E-state index is 0. The fourth-order valence-electron chi connectivity index (χ4n) is 6.64. The van der Waals surface area contributed by atoms with Gasteiger partial charge in [0.2, 0.25) is 0 Å². The van der Waals surface area contributed by atoms with E-state index >= 15 is 0 Å². The summed E-state index contributed by atoms with van der Waals surface area (Å²) in [4.78, 5) is 0. The largest absolute Gasteiger partial charge is 1.00 e. The summed E-state index contributed by atoms with van der Waals surface area (Å²) >= 11 is -2.59. The molecule has 222 valence electrons. The van der Waals surface area contributed by atoms with Gasteiger partial charge in [-0.2, -0.15) is 0 Å². The zero-order valence-corrected chi connectivity index (χ0v) is 29.9. The molecule has 2 aliphatic carbocycles. The van der Waals surface area contributed by atoms with Gasteiger partial charge in [-0.1, -0.05) is 0 Å². The minimum Gasteiger partial charge on any atom is -1.00 e. The van der Waals surface area contributed by atoms with Crippen LogP contribution in [-0.4, -0.2) is 3.21 Å². The van der Waals surface area contributed by atoms with Crippen LogP contribution in [0.4, 0.5) is 0 Å². The van der Waals surface area contributed by atoms with Crippen molar-refractivity contribution in [2.24, 2.45) is 5.41 Å². The third kappa shape index (κ3) is 7.02. The zero-order valence-electron chi connectivity index (χ0n) is 25.9. The summed E-state index contributed by atoms with van der Waals surface area (Å²) in [6, 6.07) is 36.4. The molecule has 0 N–H and O–H groups in total. The predicted octanol–water partition coefficient (Wildman–Crippen LogP) is 4.59. The molecule has 0 amide bonds. The maximum Gasteiger partial charge on any atom is -1.00 e. The molecule has 0 spiro atoms. The van der Waals surface area contributed by atoms with E-state index in [-0.39, 0.29) is 30.2 Å². The molecule has 6 rings (SSSR count). The molecule has 0 saturated heterocycles. The predicted molar refractivity (Wildman–Crippen MR) is 179 cm³/mol. The SMILES string of the molecule is C=Cc1ccc2c(c1)-c1cc(C=C)ccc1[CH]2[Zr+2]([C]1=CC(C(C)(C)C)=CC1)=[C](Cc1ccccc1)Cc1ccccc1.[Cl-].[Cl-]. The van der Waals surface area contributed by atoms with Crippen LogP contribution >= 0.6 is 0 Å². The normalized spacial score (nSPS) is 13.2. The van der Waals surface area contributed by atoms with Gasteiger partial charge in [-0.15, -0.1) is 0 Å². The van der Waals surface area contributed by atoms with Crippen LogP contribution in [0.3, 0.4) is 0 Å². The first kappa shape index (κ1) is 34.1. The molecule has 0 atom stereocenters. The van der Waals surface area contributed by atoms with E-state index in [9.17, 15) is 0 Å². The Bertz CT molecular complexity index is 1650. The van der Waals surface area contributed by atoms with Gasteiger partial charge in [0.1, 0.15) is 0 Å². The Morgan fingerprint density at radius 3 is 1.61 bits per heavy atom. The van der Waals surface area contributed by atoms with E-state index in [2.05, 4.69) is 143 Å². The first-order valence-corrected chi connectivity index (χ1v) is 19.0. The molecule has 0 fully saturated rings. The van der Waals surface area contributed by atoms with Crippen molar-refractivity contribution in [3.8, 4) is 11.1 Å². The third-order valence-corrected chi connectivity index (χ3v) is 17.1. The summed E-state index contributed by atoms with van der Waals surface area (Å²) in [6.45, 7) is 15.2. The van der Waals surface area contributed by atoms with Crippen molar-refractivity contribution in [2.75, 3.05) is 0 Å². The van der Waals surface area contributed by atoms with Crippen molar-refractivity contribution in [3.05, 3.63) is 165 Å². The molecule has 4 aromatic carbocycles. The van der Waals surface area contributed by atoms with E-state index in [1.54, 1.807) is 6.49 Å². The van der Waals surface area contributed by atoms with Crippen molar-refractivity contribution < 1.29 is 46.1 Å². The van der Waals surface area contributed by atoms with Crippen LogP contribution in [0.1, 0.15) is 64.2 Å². The zero-order chi connectivity index (χ0) is 29.3. The fraction of sp³-hybridized carbons (Fsp3) is 0.195. The number of fused-ring (bicyclic) bond motifs is 3. The van der Waals surface area contributed by atoms with E-state index in [1.165, 1.54) is 50.1 Å². The Kier molecular flexibility index (Phi) is 11.2. The molecular formula is C41H40Cl2Zr. The van der Waals surface area contributed by atoms with Gasteiger partial charge < -0.3 is 24.8 Å². The molecule has 0 unspecified atom stereocenters. The number of rotatable bonds is 8. The molecule has 3 heteroatoms. The molecular weight excluding hydrogens is 655 g/mol. The van der Waals surface area contributed by atoms with Gasteiger partial charge in [0.15, 0.2) is 0 Å². The second kappa shape index (κ2) is 14.5. The maximum absolute atomic E-state index is 4.09. The average Bonchev–Trinajstić information content (AvgIpc) is 3.62. The second-order valence-electron chi connectivity index (χ2n) is 12.7. The Morgan fingerprint density at radius 2 is 1.20 bits per heavy atom. The number of halogens is 2. The Balaban J connectivity index is 0.00000221. The first-order chi connectivity index (χ1) is 20.4. The summed E-state index contributed by atoms with van der Waals surface area (Å²) in [6.07, 6.45) is 12.3. The first-order valence-electron chi connectivity index (χ1n) is 15.1. The topological polar surface area (TPSA) is 0 Å². The van der Waals surface area contributed by atoms with Crippen molar-refractivity contribution in [1.82, 2.24) is 0 Å². The summed E-state index contributed by atoms with van der Waals surface area (Å²) in [5.74, 6) is 0. The number of hydrogen-bond acceptors (Lipinski definition) is 0. The van der Waals surface area contributed by atoms with Crippen molar-refractivity contribution in [2.45, 2.75) is 43.7 Å². The van der Waals surface area contributed by atoms with E-state index in [1.807, 2.05) is 12.2 Å². The summed E-state index contributed by atoms with van der Waals surface area (Å²) in [5.41, 5.74) is 12.7. The van der Waals surface area contributed by atoms with Gasteiger partial charge >= 0.3 is 261 Å². The van der Waals surface area contributed by atoms with Crippen LogP contribution in [0.15, 0.2) is 131 Å². The summed E-state index contributed by atoms with van der Waals surface area (Å²) < 4.78 is 3.94. The standard InChI is InChI=1S/C17H13.C15H14.C9H13.2ClH.Zr/c1-3-12-5-7-14-11-15-8-6-13(4-2)10-17(15)16(14)9-12;1-3-8-14(9-4-1)12-7-13-15-10-5-2-6-11-15;1-9(2,3)8-6-4-5-7-8;;;/h3-11H,1-2H2;1-6,8-11H,12-13H2;6-7H,4H2,1-3H3;2*1H;/q;;;;;+2/p-2. The van der Waals surface area contributed by atoms with E-state index in [0.29, 0.717) is 3.63 Å². The Hall–Kier alpha value is -2.83. The molecule has 2 aliphatic rings. The molecule has 44 heavy (non-hydrogen) atoms. The minimum atomic E-state index is -2.59. The number of allylic oxidation sites excluding steroid dienone is 4. The van der Waals surface area contributed by atoms with Gasteiger partial charge in [0.25, 0.3) is 0 Å². The van der Waals surface area contributed by atoms with Crippen LogP contribution in [-0.2, 0) is 34.1 Å². The Labute approximate surface area is 284 Å². The van der Waals surface area contributed by atoms with Gasteiger partial charge in [-0.3, -0.25) is 0 Å². The number of benzene rings is 4. The second-order valence-corrected chi connectivity index (χ2v) is 19.4. The third-order valence-electron chi connectivity index (χ3n) is 8.81. The summed E-state index contributed by atoms with van der Waals surface area (Å²) in [5, 5.41) is 0. The fourth-order valence-corrected chi connectivity index (χ4v) is 15.9. The van der Waals surface area contributed by atoms with Crippen molar-refractivity contribution in [3.63, 3.8) is 0 Å². The maximum atomic E-state index is 4.09. The van der Waals surface area contributed by atoms with Crippen LogP contribution in [0.25, 0.3) is 23.3 Å². The number of hydrogen-bond donors (Lipinski definition) is 0. The van der Waals surface area contributed by atoms with E-state index in [0.717, 1.165) is 19.3 Å². The van der Waals surface area contributed by atoms with E-state index < -0.39 is 21.3 Å². The Morgan fingerprint density at radius 1 is 0.727 bits per heavy atom. The van der Waals surface area contributed by atoms with Crippen LogP contribution in [0, 0.1) is 5.41 Å². The van der Waals surface area contributed by atoms with Gasteiger partial charge in [0.05, 0.1) is 0 Å². The quantitative estimate of drug-likeness (QED) is 0.254. The van der Waals surface area contributed by atoms with Crippen molar-refractivity contribution >= 4 is 15.4 Å². The molecule has 0 aromatic heterocycles. The molecule has 0 heterocycles. The van der Waals surface area contributed by atoms with Crippen LogP contribution in [0.5, 0.6) is 0 Å². The molecule has 4 aromatic rings. The van der Waals surface area contributed by atoms with Gasteiger partial charge in [-0.25, -0.2) is 0 Å². The average molecular weight is 695 g/mol. The van der Waals surface area contributed by atoms with Crippen LogP contribution in [0.2, 0.25) is 0 Å². The van der Waals surface area contributed by atoms with Crippen molar-refractivity contribution in [1.29, 1.82) is 0 Å². The molecule has 0 saturated carbocycles. The summed E-state index contributed by atoms with van der Waals surface area (Å²) in [7, 11) is 0. The van der Waals surface area contributed by atoms with Gasteiger partial charge in [0, 0.05) is 0 Å². The molecule has 0 aliphatic heterocycles. The smallest absolute Gasteiger partial charge is 1.00 e. The van der Waals surface area contributed by atoms with Crippen LogP contribution < -0.4 is 24.8 Å². The molecule has 0 radical (unpaired) electrons. The van der Waals surface area contributed by atoms with E-state index in [4.69, 9.17) is 0 Å². The molecule has 0 nitrogen and oxygen atoms in total. The van der Waals surface area contributed by atoms with Gasteiger partial charge in [-0.05, 0) is 0 Å².